The Morgan fingerprint density at radius 1 is 0.865 bits per heavy atom. The first-order valence-corrected chi connectivity index (χ1v) is 13.2. The van der Waals surface area contributed by atoms with E-state index in [4.69, 9.17) is 13.9 Å². The van der Waals surface area contributed by atoms with Crippen LogP contribution in [-0.2, 0) is 17.9 Å². The second kappa shape index (κ2) is 10.7. The largest absolute Gasteiger partial charge is 0.461 e. The van der Waals surface area contributed by atoms with E-state index in [1.807, 2.05) is 51.9 Å². The van der Waals surface area contributed by atoms with Crippen LogP contribution in [0.2, 0.25) is 0 Å². The van der Waals surface area contributed by atoms with Crippen LogP contribution >= 0.6 is 11.8 Å². The van der Waals surface area contributed by atoms with Gasteiger partial charge < -0.3 is 18.8 Å². The summed E-state index contributed by atoms with van der Waals surface area (Å²) in [5, 5.41) is 9.45. The first kappa shape index (κ1) is 23.6. The molecule has 1 fully saturated rings. The highest BCUT2D eigenvalue weighted by Crippen LogP contribution is 2.33. The topological polar surface area (TPSA) is 85.9 Å². The van der Waals surface area contributed by atoms with E-state index in [2.05, 4.69) is 33.3 Å². The van der Waals surface area contributed by atoms with E-state index in [-0.39, 0.29) is 12.7 Å². The number of thioether (sulfide) groups is 1. The van der Waals surface area contributed by atoms with Crippen LogP contribution in [0.5, 0.6) is 11.5 Å². The minimum absolute atomic E-state index is 0.113. The first-order chi connectivity index (χ1) is 18.2. The van der Waals surface area contributed by atoms with Crippen LogP contribution in [0.25, 0.3) is 11.6 Å². The average molecular weight is 518 g/mol. The number of carbonyl (C=O) groups excluding carboxylic acids is 1. The van der Waals surface area contributed by atoms with Gasteiger partial charge in [0.05, 0.1) is 18.6 Å². The number of hydrogen-bond acceptors (Lipinski definition) is 8. The summed E-state index contributed by atoms with van der Waals surface area (Å²) in [7, 11) is 0. The van der Waals surface area contributed by atoms with Crippen molar-refractivity contribution in [2.75, 3.05) is 38.7 Å². The predicted molar refractivity (Wildman–Crippen MR) is 138 cm³/mol. The van der Waals surface area contributed by atoms with Gasteiger partial charge in [0, 0.05) is 32.7 Å². The van der Waals surface area contributed by atoms with Crippen molar-refractivity contribution in [2.45, 2.75) is 18.2 Å². The third-order valence-electron chi connectivity index (χ3n) is 6.53. The van der Waals surface area contributed by atoms with Crippen LogP contribution in [0.3, 0.4) is 0 Å². The Labute approximate surface area is 219 Å². The molecule has 4 aromatic rings. The lowest BCUT2D eigenvalue weighted by Gasteiger charge is -2.34. The van der Waals surface area contributed by atoms with Crippen molar-refractivity contribution >= 4 is 17.7 Å². The first-order valence-electron chi connectivity index (χ1n) is 12.3. The van der Waals surface area contributed by atoms with Crippen molar-refractivity contribution in [1.29, 1.82) is 0 Å². The number of rotatable bonds is 8. The summed E-state index contributed by atoms with van der Waals surface area (Å²) >= 11 is 1.42. The standard InChI is InChI=1S/C27H27N5O4S/c33-25(31-12-10-30(11-13-31)16-21-8-9-22-24(15-21)36-19-35-22)18-37-27-29-28-26(23-7-4-14-34-23)32(27)17-20-5-2-1-3-6-20/h1-9,14-15H,10-13,16-19H2. The molecule has 0 aliphatic carbocycles. The summed E-state index contributed by atoms with van der Waals surface area (Å²) in [5.74, 6) is 3.33. The number of hydrogen-bond donors (Lipinski definition) is 0. The Morgan fingerprint density at radius 3 is 2.51 bits per heavy atom. The zero-order valence-electron chi connectivity index (χ0n) is 20.3. The summed E-state index contributed by atoms with van der Waals surface area (Å²) in [4.78, 5) is 17.4. The van der Waals surface area contributed by atoms with Crippen LogP contribution in [0.15, 0.2) is 76.5 Å². The van der Waals surface area contributed by atoms with Gasteiger partial charge in [-0.05, 0) is 35.4 Å². The smallest absolute Gasteiger partial charge is 0.233 e. The molecule has 1 saturated heterocycles. The summed E-state index contributed by atoms with van der Waals surface area (Å²) in [6.07, 6.45) is 1.62. The van der Waals surface area contributed by atoms with Crippen molar-refractivity contribution in [3.05, 3.63) is 78.1 Å². The maximum Gasteiger partial charge on any atom is 0.233 e. The van der Waals surface area contributed by atoms with Crippen molar-refractivity contribution in [3.8, 4) is 23.1 Å². The van der Waals surface area contributed by atoms with Crippen LogP contribution < -0.4 is 9.47 Å². The Morgan fingerprint density at radius 2 is 1.70 bits per heavy atom. The molecule has 9 nitrogen and oxygen atoms in total. The van der Waals surface area contributed by atoms with E-state index in [0.717, 1.165) is 36.7 Å². The van der Waals surface area contributed by atoms with E-state index in [1.54, 1.807) is 6.26 Å². The molecular formula is C27H27N5O4S. The number of benzene rings is 2. The molecule has 2 aromatic carbocycles. The van der Waals surface area contributed by atoms with Crippen LogP contribution in [-0.4, -0.2) is 69.2 Å². The lowest BCUT2D eigenvalue weighted by molar-refractivity contribution is -0.130. The molecule has 37 heavy (non-hydrogen) atoms. The van der Waals surface area contributed by atoms with Gasteiger partial charge in [-0.3, -0.25) is 14.3 Å². The zero-order valence-corrected chi connectivity index (χ0v) is 21.1. The number of nitrogens with zero attached hydrogens (tertiary/aromatic N) is 5. The van der Waals surface area contributed by atoms with Crippen LogP contribution in [0.4, 0.5) is 0 Å². The van der Waals surface area contributed by atoms with Crippen molar-refractivity contribution in [3.63, 3.8) is 0 Å². The molecule has 0 spiro atoms. The quantitative estimate of drug-likeness (QED) is 0.327. The molecule has 2 aliphatic rings. The summed E-state index contributed by atoms with van der Waals surface area (Å²) < 4.78 is 18.5. The lowest BCUT2D eigenvalue weighted by Crippen LogP contribution is -2.48. The van der Waals surface area contributed by atoms with Gasteiger partial charge in [0.1, 0.15) is 0 Å². The number of amides is 1. The second-order valence-electron chi connectivity index (χ2n) is 8.99. The van der Waals surface area contributed by atoms with Gasteiger partial charge >= 0.3 is 0 Å². The average Bonchev–Trinajstić information content (AvgIpc) is 3.70. The third-order valence-corrected chi connectivity index (χ3v) is 7.49. The van der Waals surface area contributed by atoms with Gasteiger partial charge in [-0.1, -0.05) is 48.2 Å². The summed E-state index contributed by atoms with van der Waals surface area (Å²) in [6.45, 7) is 4.78. The van der Waals surface area contributed by atoms with Gasteiger partial charge in [0.25, 0.3) is 0 Å². The van der Waals surface area contributed by atoms with Gasteiger partial charge in [-0.15, -0.1) is 10.2 Å². The maximum absolute atomic E-state index is 13.0. The lowest BCUT2D eigenvalue weighted by atomic mass is 10.1. The van der Waals surface area contributed by atoms with E-state index >= 15 is 0 Å². The Bertz CT molecular complexity index is 1350. The second-order valence-corrected chi connectivity index (χ2v) is 9.93. The van der Waals surface area contributed by atoms with E-state index in [1.165, 1.54) is 17.3 Å². The van der Waals surface area contributed by atoms with Crippen molar-refractivity contribution in [2.24, 2.45) is 0 Å². The molecule has 1 amide bonds. The Balaban J connectivity index is 1.06. The molecule has 0 unspecified atom stereocenters. The predicted octanol–water partition coefficient (Wildman–Crippen LogP) is 3.75. The van der Waals surface area contributed by atoms with Gasteiger partial charge in [0.15, 0.2) is 22.4 Å². The summed E-state index contributed by atoms with van der Waals surface area (Å²) in [5.41, 5.74) is 2.31. The van der Waals surface area contributed by atoms with Crippen molar-refractivity contribution in [1.82, 2.24) is 24.6 Å². The Kier molecular flexibility index (Phi) is 6.83. The number of ether oxygens (including phenoxy) is 2. The molecular weight excluding hydrogens is 490 g/mol. The number of fused-ring (bicyclic) bond motifs is 1. The Hall–Kier alpha value is -3.76. The minimum atomic E-state index is 0.113. The molecule has 2 aromatic heterocycles. The fraction of sp³-hybridized carbons (Fsp3) is 0.296. The molecule has 0 bridgehead atoms. The molecule has 0 radical (unpaired) electrons. The minimum Gasteiger partial charge on any atom is -0.461 e. The van der Waals surface area contributed by atoms with Gasteiger partial charge in [0.2, 0.25) is 18.5 Å². The monoisotopic (exact) mass is 517 g/mol. The third kappa shape index (κ3) is 5.35. The van der Waals surface area contributed by atoms with Crippen LogP contribution in [0, 0.1) is 0 Å². The highest BCUT2D eigenvalue weighted by atomic mass is 32.2. The zero-order chi connectivity index (χ0) is 25.0. The van der Waals surface area contributed by atoms with E-state index in [9.17, 15) is 4.79 Å². The molecule has 0 atom stereocenters. The number of furan rings is 1. The maximum atomic E-state index is 13.0. The molecule has 190 valence electrons. The van der Waals surface area contributed by atoms with Crippen LogP contribution in [0.1, 0.15) is 11.1 Å². The number of carbonyl (C=O) groups is 1. The molecule has 0 N–H and O–H groups in total. The molecule has 6 rings (SSSR count). The molecule has 10 heteroatoms. The number of piperazine rings is 1. The fourth-order valence-corrected chi connectivity index (χ4v) is 5.40. The van der Waals surface area contributed by atoms with E-state index in [0.29, 0.717) is 42.1 Å². The summed E-state index contributed by atoms with van der Waals surface area (Å²) in [6, 6.07) is 19.9. The molecule has 4 heterocycles. The van der Waals surface area contributed by atoms with Gasteiger partial charge in [-0.25, -0.2) is 0 Å². The van der Waals surface area contributed by atoms with Crippen molar-refractivity contribution < 1.29 is 18.7 Å². The molecule has 2 aliphatic heterocycles. The molecule has 0 saturated carbocycles. The fourth-order valence-electron chi connectivity index (χ4n) is 4.56. The normalized spacial score (nSPS) is 15.3. The van der Waals surface area contributed by atoms with Gasteiger partial charge in [-0.2, -0.15) is 0 Å². The highest BCUT2D eigenvalue weighted by molar-refractivity contribution is 7.99. The SMILES string of the molecule is O=C(CSc1nnc(-c2ccco2)n1Cc1ccccc1)N1CCN(Cc2ccc3c(c2)OCO3)CC1. The highest BCUT2D eigenvalue weighted by Gasteiger charge is 2.24. The van der Waals surface area contributed by atoms with E-state index < -0.39 is 0 Å². The number of aromatic nitrogens is 3.